The van der Waals surface area contributed by atoms with Gasteiger partial charge in [-0.15, -0.1) is 0 Å². The van der Waals surface area contributed by atoms with Crippen LogP contribution in [0.4, 0.5) is 10.5 Å². The first kappa shape index (κ1) is 13.4. The SMILES string of the molecule is N=C(N)CN(C(=O)Nc1ccccc1)C1CCCC1. The largest absolute Gasteiger partial charge is 0.386 e. The number of nitrogens with one attached hydrogen (secondary N) is 2. The molecule has 19 heavy (non-hydrogen) atoms. The lowest BCUT2D eigenvalue weighted by atomic mass is 10.2. The minimum absolute atomic E-state index is 0.0233. The molecule has 1 aromatic rings. The van der Waals surface area contributed by atoms with Gasteiger partial charge in [-0.25, -0.2) is 4.79 Å². The zero-order valence-electron chi connectivity index (χ0n) is 10.9. The smallest absolute Gasteiger partial charge is 0.322 e. The minimum atomic E-state index is -0.173. The van der Waals surface area contributed by atoms with E-state index in [0.29, 0.717) is 0 Å². The quantitative estimate of drug-likeness (QED) is 0.574. The van der Waals surface area contributed by atoms with E-state index in [2.05, 4.69) is 5.32 Å². The summed E-state index contributed by atoms with van der Waals surface area (Å²) in [5.74, 6) is 0.0233. The molecule has 0 unspecified atom stereocenters. The Bertz CT molecular complexity index is 440. The molecular formula is C14H20N4O. The summed E-state index contributed by atoms with van der Waals surface area (Å²) in [6, 6.07) is 9.37. The van der Waals surface area contributed by atoms with E-state index in [1.54, 1.807) is 4.90 Å². The summed E-state index contributed by atoms with van der Waals surface area (Å²) in [4.78, 5) is 14.0. The molecule has 1 saturated carbocycles. The Balaban J connectivity index is 2.04. The van der Waals surface area contributed by atoms with Gasteiger partial charge in [0, 0.05) is 11.7 Å². The summed E-state index contributed by atoms with van der Waals surface area (Å²) in [7, 11) is 0. The predicted molar refractivity (Wildman–Crippen MR) is 76.3 cm³/mol. The number of carbonyl (C=O) groups is 1. The summed E-state index contributed by atoms with van der Waals surface area (Å²) in [5, 5.41) is 10.3. The van der Waals surface area contributed by atoms with E-state index in [1.165, 1.54) is 0 Å². The standard InChI is InChI=1S/C14H20N4O/c15-13(16)10-18(12-8-4-5-9-12)14(19)17-11-6-2-1-3-7-11/h1-3,6-7,12H,4-5,8-10H2,(H3,15,16)(H,17,19). The van der Waals surface area contributed by atoms with Gasteiger partial charge >= 0.3 is 6.03 Å². The Morgan fingerprint density at radius 3 is 2.53 bits per heavy atom. The second-order valence-electron chi connectivity index (χ2n) is 4.89. The van der Waals surface area contributed by atoms with Crippen molar-refractivity contribution in [3.8, 4) is 0 Å². The van der Waals surface area contributed by atoms with Crippen LogP contribution in [0.1, 0.15) is 25.7 Å². The van der Waals surface area contributed by atoms with E-state index >= 15 is 0 Å². The van der Waals surface area contributed by atoms with Gasteiger partial charge < -0.3 is 16.0 Å². The molecule has 1 fully saturated rings. The van der Waals surface area contributed by atoms with Gasteiger partial charge in [0.25, 0.3) is 0 Å². The molecule has 5 heteroatoms. The molecule has 0 spiro atoms. The number of nitrogens with zero attached hydrogens (tertiary/aromatic N) is 1. The van der Waals surface area contributed by atoms with E-state index < -0.39 is 0 Å². The average molecular weight is 260 g/mol. The fourth-order valence-corrected chi connectivity index (χ4v) is 2.48. The fourth-order valence-electron chi connectivity index (χ4n) is 2.48. The van der Waals surface area contributed by atoms with Crippen molar-refractivity contribution in [1.82, 2.24) is 4.90 Å². The Morgan fingerprint density at radius 2 is 1.95 bits per heavy atom. The summed E-state index contributed by atoms with van der Waals surface area (Å²) >= 11 is 0. The number of benzene rings is 1. The van der Waals surface area contributed by atoms with E-state index in [4.69, 9.17) is 11.1 Å². The number of carbonyl (C=O) groups excluding carboxylic acids is 1. The third-order valence-electron chi connectivity index (χ3n) is 3.39. The van der Waals surface area contributed by atoms with E-state index in [-0.39, 0.29) is 24.5 Å². The van der Waals surface area contributed by atoms with Crippen molar-refractivity contribution in [2.45, 2.75) is 31.7 Å². The fraction of sp³-hybridized carbons (Fsp3) is 0.429. The average Bonchev–Trinajstić information content (AvgIpc) is 2.90. The van der Waals surface area contributed by atoms with Crippen LogP contribution in [0.3, 0.4) is 0 Å². The van der Waals surface area contributed by atoms with Crippen LogP contribution in [0, 0.1) is 5.41 Å². The minimum Gasteiger partial charge on any atom is -0.386 e. The molecule has 0 bridgehead atoms. The molecule has 0 radical (unpaired) electrons. The molecule has 0 atom stereocenters. The van der Waals surface area contributed by atoms with Crippen LogP contribution in [0.5, 0.6) is 0 Å². The zero-order chi connectivity index (χ0) is 13.7. The normalized spacial score (nSPS) is 15.2. The van der Waals surface area contributed by atoms with E-state index in [9.17, 15) is 4.79 Å². The first-order chi connectivity index (χ1) is 9.16. The number of amides is 2. The second kappa shape index (κ2) is 6.22. The Hall–Kier alpha value is -2.04. The number of urea groups is 1. The van der Waals surface area contributed by atoms with Crippen molar-refractivity contribution in [3.63, 3.8) is 0 Å². The van der Waals surface area contributed by atoms with Crippen molar-refractivity contribution in [2.75, 3.05) is 11.9 Å². The Labute approximate surface area is 113 Å². The summed E-state index contributed by atoms with van der Waals surface area (Å²) in [6.07, 6.45) is 4.26. The molecule has 2 amide bonds. The van der Waals surface area contributed by atoms with Crippen LogP contribution in [-0.2, 0) is 0 Å². The number of para-hydroxylation sites is 1. The maximum Gasteiger partial charge on any atom is 0.322 e. The molecule has 0 aliphatic heterocycles. The maximum atomic E-state index is 12.3. The summed E-state index contributed by atoms with van der Waals surface area (Å²) in [6.45, 7) is 0.198. The third-order valence-corrected chi connectivity index (χ3v) is 3.39. The van der Waals surface area contributed by atoms with Crippen LogP contribution < -0.4 is 11.1 Å². The van der Waals surface area contributed by atoms with Crippen molar-refractivity contribution in [1.29, 1.82) is 5.41 Å². The number of hydrogen-bond acceptors (Lipinski definition) is 2. The highest BCUT2D eigenvalue weighted by atomic mass is 16.2. The highest BCUT2D eigenvalue weighted by Crippen LogP contribution is 2.24. The molecule has 1 aliphatic carbocycles. The number of rotatable bonds is 4. The van der Waals surface area contributed by atoms with Crippen LogP contribution in [-0.4, -0.2) is 29.4 Å². The number of hydrogen-bond donors (Lipinski definition) is 3. The molecule has 102 valence electrons. The van der Waals surface area contributed by atoms with Gasteiger partial charge in [0.05, 0.1) is 6.54 Å². The van der Waals surface area contributed by atoms with Gasteiger partial charge in [-0.2, -0.15) is 0 Å². The molecule has 4 N–H and O–H groups in total. The molecular weight excluding hydrogens is 240 g/mol. The molecule has 5 nitrogen and oxygen atoms in total. The van der Waals surface area contributed by atoms with Gasteiger partial charge in [-0.05, 0) is 25.0 Å². The first-order valence-corrected chi connectivity index (χ1v) is 6.62. The second-order valence-corrected chi connectivity index (χ2v) is 4.89. The van der Waals surface area contributed by atoms with Gasteiger partial charge in [-0.3, -0.25) is 5.41 Å². The molecule has 0 heterocycles. The molecule has 1 aromatic carbocycles. The van der Waals surface area contributed by atoms with Crippen LogP contribution >= 0.6 is 0 Å². The lowest BCUT2D eigenvalue weighted by Gasteiger charge is -2.28. The number of nitrogens with two attached hydrogens (primary N) is 1. The van der Waals surface area contributed by atoms with Crippen LogP contribution in [0.25, 0.3) is 0 Å². The van der Waals surface area contributed by atoms with Gasteiger partial charge in [0.2, 0.25) is 0 Å². The zero-order valence-corrected chi connectivity index (χ0v) is 10.9. The van der Waals surface area contributed by atoms with Crippen LogP contribution in [0.15, 0.2) is 30.3 Å². The summed E-state index contributed by atoms with van der Waals surface area (Å²) in [5.41, 5.74) is 6.22. The topological polar surface area (TPSA) is 82.2 Å². The third kappa shape index (κ3) is 3.71. The number of amidine groups is 1. The lowest BCUT2D eigenvalue weighted by molar-refractivity contribution is 0.198. The van der Waals surface area contributed by atoms with E-state index in [1.807, 2.05) is 30.3 Å². The van der Waals surface area contributed by atoms with Crippen molar-refractivity contribution >= 4 is 17.6 Å². The molecule has 2 rings (SSSR count). The highest BCUT2D eigenvalue weighted by Gasteiger charge is 2.27. The first-order valence-electron chi connectivity index (χ1n) is 6.62. The van der Waals surface area contributed by atoms with Gasteiger partial charge in [0.15, 0.2) is 0 Å². The van der Waals surface area contributed by atoms with E-state index in [0.717, 1.165) is 31.4 Å². The predicted octanol–water partition coefficient (Wildman–Crippen LogP) is 2.40. The van der Waals surface area contributed by atoms with Gasteiger partial charge in [-0.1, -0.05) is 31.0 Å². The van der Waals surface area contributed by atoms with Gasteiger partial charge in [0.1, 0.15) is 5.84 Å². The number of anilines is 1. The van der Waals surface area contributed by atoms with Crippen molar-refractivity contribution in [3.05, 3.63) is 30.3 Å². The highest BCUT2D eigenvalue weighted by molar-refractivity contribution is 5.92. The lowest BCUT2D eigenvalue weighted by Crippen LogP contribution is -2.46. The molecule has 0 aromatic heterocycles. The van der Waals surface area contributed by atoms with Crippen molar-refractivity contribution < 1.29 is 4.79 Å². The summed E-state index contributed by atoms with van der Waals surface area (Å²) < 4.78 is 0. The maximum absolute atomic E-state index is 12.3. The molecule has 1 aliphatic rings. The molecule has 0 saturated heterocycles. The Morgan fingerprint density at radius 1 is 1.32 bits per heavy atom. The van der Waals surface area contributed by atoms with Crippen molar-refractivity contribution in [2.24, 2.45) is 5.73 Å². The van der Waals surface area contributed by atoms with Crippen LogP contribution in [0.2, 0.25) is 0 Å². The Kier molecular flexibility index (Phi) is 4.39. The monoisotopic (exact) mass is 260 g/mol.